The van der Waals surface area contributed by atoms with Crippen LogP contribution in [0.25, 0.3) is 0 Å². The number of nitrogens with one attached hydrogen (secondary N) is 1. The molecule has 0 bridgehead atoms. The van der Waals surface area contributed by atoms with Gasteiger partial charge in [0.1, 0.15) is 4.32 Å². The van der Waals surface area contributed by atoms with E-state index in [9.17, 15) is 4.79 Å². The second kappa shape index (κ2) is 8.34. The van der Waals surface area contributed by atoms with E-state index in [0.29, 0.717) is 13.0 Å². The molecule has 0 radical (unpaired) electrons. The topological polar surface area (TPSA) is 55.1 Å². The largest absolute Gasteiger partial charge is 0.370 e. The van der Waals surface area contributed by atoms with Crippen molar-refractivity contribution in [3.8, 4) is 0 Å². The van der Waals surface area contributed by atoms with Gasteiger partial charge in [-0.05, 0) is 24.1 Å². The van der Waals surface area contributed by atoms with Crippen molar-refractivity contribution in [2.45, 2.75) is 19.4 Å². The first-order valence-electron chi connectivity index (χ1n) is 5.51. The Kier molecular flexibility index (Phi) is 7.08. The van der Waals surface area contributed by atoms with E-state index >= 15 is 0 Å². The number of hydrogen-bond acceptors (Lipinski definition) is 3. The SMILES string of the molecule is NC(=O)CCCSC(=S)NCc1ccc(Cl)cc1. The van der Waals surface area contributed by atoms with Crippen LogP contribution in [-0.4, -0.2) is 16.0 Å². The fraction of sp³-hybridized carbons (Fsp3) is 0.333. The third-order valence-corrected chi connectivity index (χ3v) is 3.80. The van der Waals surface area contributed by atoms with E-state index in [-0.39, 0.29) is 5.91 Å². The van der Waals surface area contributed by atoms with Crippen LogP contribution in [0.1, 0.15) is 18.4 Å². The molecule has 1 rings (SSSR count). The molecule has 0 fully saturated rings. The highest BCUT2D eigenvalue weighted by Crippen LogP contribution is 2.10. The smallest absolute Gasteiger partial charge is 0.217 e. The summed E-state index contributed by atoms with van der Waals surface area (Å²) in [5.74, 6) is 0.533. The van der Waals surface area contributed by atoms with Crippen LogP contribution in [0.5, 0.6) is 0 Å². The number of primary amides is 1. The molecule has 3 N–H and O–H groups in total. The first-order valence-corrected chi connectivity index (χ1v) is 7.28. The second-order valence-electron chi connectivity index (χ2n) is 3.69. The summed E-state index contributed by atoms with van der Waals surface area (Å²) in [6, 6.07) is 7.61. The number of benzene rings is 1. The molecule has 0 spiro atoms. The Balaban J connectivity index is 2.17. The van der Waals surface area contributed by atoms with Gasteiger partial charge in [0.2, 0.25) is 5.91 Å². The van der Waals surface area contributed by atoms with Crippen LogP contribution in [0.4, 0.5) is 0 Å². The molecule has 6 heteroatoms. The summed E-state index contributed by atoms with van der Waals surface area (Å²) >= 11 is 12.5. The van der Waals surface area contributed by atoms with Crippen molar-refractivity contribution in [1.82, 2.24) is 5.32 Å². The fourth-order valence-corrected chi connectivity index (χ4v) is 2.34. The van der Waals surface area contributed by atoms with Gasteiger partial charge in [-0.1, -0.05) is 47.7 Å². The molecular weight excluding hydrogens is 288 g/mol. The number of halogens is 1. The summed E-state index contributed by atoms with van der Waals surface area (Å²) in [6.07, 6.45) is 1.16. The standard InChI is InChI=1S/C12H15ClN2OS2/c13-10-5-3-9(4-6-10)8-15-12(17)18-7-1-2-11(14)16/h3-6H,1-2,7-8H2,(H2,14,16)(H,15,17). The molecule has 0 saturated heterocycles. The quantitative estimate of drug-likeness (QED) is 0.627. The third-order valence-electron chi connectivity index (χ3n) is 2.15. The Labute approximate surface area is 121 Å². The van der Waals surface area contributed by atoms with Crippen molar-refractivity contribution in [3.05, 3.63) is 34.9 Å². The molecule has 0 aliphatic rings. The average Bonchev–Trinajstić information content (AvgIpc) is 2.34. The van der Waals surface area contributed by atoms with E-state index < -0.39 is 0 Å². The summed E-state index contributed by atoms with van der Waals surface area (Å²) in [7, 11) is 0. The lowest BCUT2D eigenvalue weighted by molar-refractivity contribution is -0.118. The van der Waals surface area contributed by atoms with E-state index in [1.165, 1.54) is 11.8 Å². The molecule has 0 aliphatic carbocycles. The molecule has 0 saturated carbocycles. The van der Waals surface area contributed by atoms with Gasteiger partial charge in [-0.15, -0.1) is 0 Å². The molecule has 0 aromatic heterocycles. The zero-order valence-corrected chi connectivity index (χ0v) is 12.2. The molecule has 1 amide bonds. The van der Waals surface area contributed by atoms with E-state index in [1.807, 2.05) is 24.3 Å². The van der Waals surface area contributed by atoms with Crippen LogP contribution >= 0.6 is 35.6 Å². The van der Waals surface area contributed by atoms with Crippen LogP contribution < -0.4 is 11.1 Å². The minimum Gasteiger partial charge on any atom is -0.370 e. The van der Waals surface area contributed by atoms with Crippen molar-refractivity contribution >= 4 is 45.8 Å². The maximum absolute atomic E-state index is 10.5. The molecule has 0 heterocycles. The minimum atomic E-state index is -0.268. The number of thiocarbonyl (C=S) groups is 1. The number of nitrogens with two attached hydrogens (primary N) is 1. The van der Waals surface area contributed by atoms with Crippen molar-refractivity contribution < 1.29 is 4.79 Å². The van der Waals surface area contributed by atoms with E-state index in [4.69, 9.17) is 29.6 Å². The predicted molar refractivity (Wildman–Crippen MR) is 81.8 cm³/mol. The molecule has 0 unspecified atom stereocenters. The maximum Gasteiger partial charge on any atom is 0.217 e. The van der Waals surface area contributed by atoms with Gasteiger partial charge in [0.15, 0.2) is 0 Å². The zero-order valence-electron chi connectivity index (χ0n) is 9.82. The van der Waals surface area contributed by atoms with Crippen LogP contribution in [0.15, 0.2) is 24.3 Å². The molecule has 0 atom stereocenters. The van der Waals surface area contributed by atoms with E-state index in [0.717, 1.165) is 27.1 Å². The number of carbonyl (C=O) groups excluding carboxylic acids is 1. The molecular formula is C12H15ClN2OS2. The van der Waals surface area contributed by atoms with Gasteiger partial charge >= 0.3 is 0 Å². The Hall–Kier alpha value is -0.780. The Bertz CT molecular complexity index is 409. The number of carbonyl (C=O) groups is 1. The van der Waals surface area contributed by atoms with Crippen LogP contribution in [0, 0.1) is 0 Å². The maximum atomic E-state index is 10.5. The molecule has 1 aromatic carbocycles. The molecule has 18 heavy (non-hydrogen) atoms. The van der Waals surface area contributed by atoms with E-state index in [1.54, 1.807) is 0 Å². The Morgan fingerprint density at radius 2 is 2.06 bits per heavy atom. The summed E-state index contributed by atoms with van der Waals surface area (Å²) in [5, 5.41) is 3.87. The average molecular weight is 303 g/mol. The van der Waals surface area contributed by atoms with Crippen molar-refractivity contribution in [2.75, 3.05) is 5.75 Å². The predicted octanol–water partition coefficient (Wildman–Crippen LogP) is 2.71. The van der Waals surface area contributed by atoms with Gasteiger partial charge in [-0.25, -0.2) is 0 Å². The summed E-state index contributed by atoms with van der Waals surface area (Å²) in [5.41, 5.74) is 6.17. The lowest BCUT2D eigenvalue weighted by Crippen LogP contribution is -2.18. The summed E-state index contributed by atoms with van der Waals surface area (Å²) in [6.45, 7) is 0.679. The minimum absolute atomic E-state index is 0.268. The number of hydrogen-bond donors (Lipinski definition) is 2. The Morgan fingerprint density at radius 3 is 2.67 bits per heavy atom. The molecule has 3 nitrogen and oxygen atoms in total. The van der Waals surface area contributed by atoms with Gasteiger partial charge in [0.25, 0.3) is 0 Å². The van der Waals surface area contributed by atoms with Gasteiger partial charge in [0.05, 0.1) is 0 Å². The lowest BCUT2D eigenvalue weighted by atomic mass is 10.2. The molecule has 0 aliphatic heterocycles. The first kappa shape index (κ1) is 15.3. The van der Waals surface area contributed by atoms with Crippen LogP contribution in [0.3, 0.4) is 0 Å². The van der Waals surface area contributed by atoms with Crippen molar-refractivity contribution in [3.63, 3.8) is 0 Å². The summed E-state index contributed by atoms with van der Waals surface area (Å²) in [4.78, 5) is 10.5. The Morgan fingerprint density at radius 1 is 1.39 bits per heavy atom. The van der Waals surface area contributed by atoms with Crippen LogP contribution in [0.2, 0.25) is 5.02 Å². The summed E-state index contributed by atoms with van der Waals surface area (Å²) < 4.78 is 0.731. The van der Waals surface area contributed by atoms with Gasteiger partial charge in [-0.3, -0.25) is 4.79 Å². The monoisotopic (exact) mass is 302 g/mol. The van der Waals surface area contributed by atoms with Crippen LogP contribution in [-0.2, 0) is 11.3 Å². The normalized spacial score (nSPS) is 10.1. The third kappa shape index (κ3) is 6.83. The number of rotatable bonds is 6. The fourth-order valence-electron chi connectivity index (χ4n) is 1.24. The lowest BCUT2D eigenvalue weighted by Gasteiger charge is -2.07. The first-order chi connectivity index (χ1) is 8.58. The second-order valence-corrected chi connectivity index (χ2v) is 5.89. The van der Waals surface area contributed by atoms with Crippen molar-refractivity contribution in [2.24, 2.45) is 5.73 Å². The highest BCUT2D eigenvalue weighted by atomic mass is 35.5. The highest BCUT2D eigenvalue weighted by molar-refractivity contribution is 8.22. The van der Waals surface area contributed by atoms with E-state index in [2.05, 4.69) is 5.32 Å². The van der Waals surface area contributed by atoms with Gasteiger partial charge in [-0.2, -0.15) is 0 Å². The van der Waals surface area contributed by atoms with Gasteiger partial charge < -0.3 is 11.1 Å². The number of amides is 1. The molecule has 98 valence electrons. The van der Waals surface area contributed by atoms with Gasteiger partial charge in [0, 0.05) is 23.7 Å². The number of thioether (sulfide) groups is 1. The highest BCUT2D eigenvalue weighted by Gasteiger charge is 2.00. The molecule has 1 aromatic rings. The zero-order chi connectivity index (χ0) is 13.4. The van der Waals surface area contributed by atoms with Crippen molar-refractivity contribution in [1.29, 1.82) is 0 Å².